The first kappa shape index (κ1) is 12.2. The molecular weight excluding hydrogens is 261 g/mol. The second kappa shape index (κ2) is 4.65. The highest BCUT2D eigenvalue weighted by Gasteiger charge is 2.11. The topological polar surface area (TPSA) is 77.8 Å². The fraction of sp³-hybridized carbons (Fsp3) is 0. The third kappa shape index (κ3) is 2.18. The van der Waals surface area contributed by atoms with E-state index in [0.29, 0.717) is 10.9 Å². The molecule has 2 aromatic heterocycles. The summed E-state index contributed by atoms with van der Waals surface area (Å²) < 4.78 is 13.1. The molecule has 0 spiro atoms. The van der Waals surface area contributed by atoms with Crippen LogP contribution in [0.4, 0.5) is 10.1 Å². The van der Waals surface area contributed by atoms with Gasteiger partial charge < -0.3 is 15.3 Å². The molecule has 0 radical (unpaired) electrons. The largest absolute Gasteiger partial charge is 0.351 e. The maximum atomic E-state index is 13.1. The van der Waals surface area contributed by atoms with Gasteiger partial charge in [0.2, 0.25) is 0 Å². The summed E-state index contributed by atoms with van der Waals surface area (Å²) in [6, 6.07) is 8.83. The van der Waals surface area contributed by atoms with Crippen LogP contribution in [0.2, 0.25) is 0 Å². The third-order valence-electron chi connectivity index (χ3n) is 2.89. The lowest BCUT2D eigenvalue weighted by molar-refractivity contribution is 0.102. The van der Waals surface area contributed by atoms with Crippen molar-refractivity contribution < 1.29 is 9.18 Å². The molecule has 0 unspecified atom stereocenters. The van der Waals surface area contributed by atoms with Crippen molar-refractivity contribution in [3.8, 4) is 0 Å². The number of carbonyl (C=O) groups is 1. The number of aromatic nitrogens is 2. The number of rotatable bonds is 2. The van der Waals surface area contributed by atoms with Crippen LogP contribution < -0.4 is 10.9 Å². The highest BCUT2D eigenvalue weighted by atomic mass is 19.1. The lowest BCUT2D eigenvalue weighted by Gasteiger charge is -2.01. The fourth-order valence-corrected chi connectivity index (χ4v) is 1.94. The van der Waals surface area contributed by atoms with E-state index in [-0.39, 0.29) is 22.8 Å². The molecule has 1 aromatic carbocycles. The SMILES string of the molecule is O=C(Nc1ccc[nH]c1=O)c1cc2cc(F)ccc2[nH]1. The van der Waals surface area contributed by atoms with Gasteiger partial charge in [-0.2, -0.15) is 0 Å². The number of aromatic amines is 2. The molecule has 0 atom stereocenters. The molecule has 3 rings (SSSR count). The molecule has 0 aliphatic heterocycles. The summed E-state index contributed by atoms with van der Waals surface area (Å²) in [5, 5.41) is 3.09. The second-order valence-electron chi connectivity index (χ2n) is 4.28. The summed E-state index contributed by atoms with van der Waals surface area (Å²) in [7, 11) is 0. The number of benzene rings is 1. The minimum atomic E-state index is -0.460. The standard InChI is InChI=1S/C14H10FN3O2/c15-9-3-4-10-8(6-9)7-12(17-10)14(20)18-11-2-1-5-16-13(11)19/h1-7,17H,(H,16,19)(H,18,20). The van der Waals surface area contributed by atoms with Crippen molar-refractivity contribution in [2.75, 3.05) is 5.32 Å². The Morgan fingerprint density at radius 3 is 2.85 bits per heavy atom. The van der Waals surface area contributed by atoms with E-state index in [0.717, 1.165) is 0 Å². The summed E-state index contributed by atoms with van der Waals surface area (Å²) in [6.07, 6.45) is 1.48. The monoisotopic (exact) mass is 271 g/mol. The fourth-order valence-electron chi connectivity index (χ4n) is 1.94. The minimum Gasteiger partial charge on any atom is -0.351 e. The van der Waals surface area contributed by atoms with Crippen LogP contribution >= 0.6 is 0 Å². The number of hydrogen-bond acceptors (Lipinski definition) is 2. The van der Waals surface area contributed by atoms with E-state index in [1.165, 1.54) is 30.5 Å². The Morgan fingerprint density at radius 1 is 1.20 bits per heavy atom. The van der Waals surface area contributed by atoms with E-state index in [4.69, 9.17) is 0 Å². The number of halogens is 1. The van der Waals surface area contributed by atoms with Gasteiger partial charge in [-0.05, 0) is 36.4 Å². The Balaban J connectivity index is 1.93. The molecule has 3 N–H and O–H groups in total. The summed E-state index contributed by atoms with van der Waals surface area (Å²) in [5.41, 5.74) is 0.678. The Hall–Kier alpha value is -2.89. The number of anilines is 1. The van der Waals surface area contributed by atoms with Gasteiger partial charge in [-0.3, -0.25) is 9.59 Å². The van der Waals surface area contributed by atoms with Crippen molar-refractivity contribution in [1.82, 2.24) is 9.97 Å². The van der Waals surface area contributed by atoms with E-state index in [9.17, 15) is 14.0 Å². The number of fused-ring (bicyclic) bond motifs is 1. The summed E-state index contributed by atoms with van der Waals surface area (Å²) >= 11 is 0. The molecule has 0 saturated carbocycles. The zero-order valence-electron chi connectivity index (χ0n) is 10.2. The highest BCUT2D eigenvalue weighted by Crippen LogP contribution is 2.17. The Morgan fingerprint density at radius 2 is 2.05 bits per heavy atom. The van der Waals surface area contributed by atoms with Gasteiger partial charge in [0.1, 0.15) is 17.2 Å². The average Bonchev–Trinajstić information content (AvgIpc) is 2.84. The summed E-state index contributed by atoms with van der Waals surface area (Å²) in [5.74, 6) is -0.832. The molecule has 6 heteroatoms. The molecule has 5 nitrogen and oxygen atoms in total. The maximum absolute atomic E-state index is 13.1. The van der Waals surface area contributed by atoms with Crippen molar-refractivity contribution >= 4 is 22.5 Å². The molecule has 0 bridgehead atoms. The maximum Gasteiger partial charge on any atom is 0.272 e. The second-order valence-corrected chi connectivity index (χ2v) is 4.28. The van der Waals surface area contributed by atoms with E-state index in [1.54, 1.807) is 12.1 Å². The van der Waals surface area contributed by atoms with Crippen LogP contribution in [-0.4, -0.2) is 15.9 Å². The molecular formula is C14H10FN3O2. The number of nitrogens with one attached hydrogen (secondary N) is 3. The summed E-state index contributed by atoms with van der Waals surface area (Å²) in [6.45, 7) is 0. The van der Waals surface area contributed by atoms with Crippen molar-refractivity contribution in [2.24, 2.45) is 0 Å². The lowest BCUT2D eigenvalue weighted by Crippen LogP contribution is -2.19. The van der Waals surface area contributed by atoms with Crippen molar-refractivity contribution in [2.45, 2.75) is 0 Å². The van der Waals surface area contributed by atoms with Crippen LogP contribution in [0, 0.1) is 5.82 Å². The van der Waals surface area contributed by atoms with Gasteiger partial charge in [-0.25, -0.2) is 4.39 Å². The van der Waals surface area contributed by atoms with E-state index >= 15 is 0 Å². The Labute approximate surface area is 112 Å². The van der Waals surface area contributed by atoms with Gasteiger partial charge in [0, 0.05) is 17.1 Å². The summed E-state index contributed by atoms with van der Waals surface area (Å²) in [4.78, 5) is 28.8. The smallest absolute Gasteiger partial charge is 0.272 e. The van der Waals surface area contributed by atoms with Crippen molar-refractivity contribution in [3.63, 3.8) is 0 Å². The quantitative estimate of drug-likeness (QED) is 0.668. The molecule has 1 amide bonds. The van der Waals surface area contributed by atoms with Gasteiger partial charge in [0.15, 0.2) is 0 Å². The molecule has 0 aliphatic rings. The first-order valence-corrected chi connectivity index (χ1v) is 5.91. The van der Waals surface area contributed by atoms with Gasteiger partial charge >= 0.3 is 0 Å². The molecule has 0 saturated heterocycles. The Kier molecular flexibility index (Phi) is 2.83. The van der Waals surface area contributed by atoms with Gasteiger partial charge in [-0.15, -0.1) is 0 Å². The first-order chi connectivity index (χ1) is 9.63. The normalized spacial score (nSPS) is 10.7. The molecule has 0 fully saturated rings. The zero-order valence-corrected chi connectivity index (χ0v) is 10.2. The Bertz CT molecular complexity index is 851. The van der Waals surface area contributed by atoms with Crippen molar-refractivity contribution in [1.29, 1.82) is 0 Å². The lowest BCUT2D eigenvalue weighted by atomic mass is 10.2. The predicted octanol–water partition coefficient (Wildman–Crippen LogP) is 2.25. The molecule has 0 aliphatic carbocycles. The number of amides is 1. The number of pyridine rings is 1. The number of H-pyrrole nitrogens is 2. The van der Waals surface area contributed by atoms with Crippen LogP contribution in [-0.2, 0) is 0 Å². The number of hydrogen-bond donors (Lipinski definition) is 3. The van der Waals surface area contributed by atoms with E-state index < -0.39 is 5.91 Å². The predicted molar refractivity (Wildman–Crippen MR) is 73.3 cm³/mol. The molecule has 2 heterocycles. The van der Waals surface area contributed by atoms with Crippen molar-refractivity contribution in [3.05, 3.63) is 64.5 Å². The zero-order chi connectivity index (χ0) is 14.1. The van der Waals surface area contributed by atoms with Crippen LogP contribution in [0.25, 0.3) is 10.9 Å². The average molecular weight is 271 g/mol. The van der Waals surface area contributed by atoms with Gasteiger partial charge in [0.25, 0.3) is 11.5 Å². The molecule has 20 heavy (non-hydrogen) atoms. The third-order valence-corrected chi connectivity index (χ3v) is 2.89. The first-order valence-electron chi connectivity index (χ1n) is 5.91. The van der Waals surface area contributed by atoms with E-state index in [1.807, 2.05) is 0 Å². The highest BCUT2D eigenvalue weighted by molar-refractivity contribution is 6.05. The number of carbonyl (C=O) groups excluding carboxylic acids is 1. The van der Waals surface area contributed by atoms with Crippen LogP contribution in [0.5, 0.6) is 0 Å². The van der Waals surface area contributed by atoms with Crippen LogP contribution in [0.3, 0.4) is 0 Å². The van der Waals surface area contributed by atoms with E-state index in [2.05, 4.69) is 15.3 Å². The van der Waals surface area contributed by atoms with Crippen LogP contribution in [0.1, 0.15) is 10.5 Å². The minimum absolute atomic E-state index is 0.155. The van der Waals surface area contributed by atoms with Crippen LogP contribution in [0.15, 0.2) is 47.4 Å². The van der Waals surface area contributed by atoms with Gasteiger partial charge in [-0.1, -0.05) is 0 Å². The van der Waals surface area contributed by atoms with Gasteiger partial charge in [0.05, 0.1) is 0 Å². The molecule has 100 valence electrons. The molecule has 3 aromatic rings.